The Labute approximate surface area is 231 Å². The van der Waals surface area contributed by atoms with Crippen LogP contribution in [0.25, 0.3) is 11.0 Å². The van der Waals surface area contributed by atoms with Gasteiger partial charge in [0.15, 0.2) is 0 Å². The Hall–Kier alpha value is -4.74. The lowest BCUT2D eigenvalue weighted by Gasteiger charge is -2.25. The smallest absolute Gasteiger partial charge is 0.243 e. The Kier molecular flexibility index (Phi) is 9.96. The Morgan fingerprint density at radius 2 is 1.62 bits per heavy atom. The number of carbonyl (C=O) groups excluding carboxylic acids is 4. The molecule has 3 aromatic rings. The van der Waals surface area contributed by atoms with Gasteiger partial charge in [-0.3, -0.25) is 19.2 Å². The molecule has 12 heteroatoms. The summed E-state index contributed by atoms with van der Waals surface area (Å²) >= 11 is 0. The Morgan fingerprint density at radius 3 is 2.25 bits per heavy atom. The summed E-state index contributed by atoms with van der Waals surface area (Å²) in [5.41, 5.74) is 6.89. The van der Waals surface area contributed by atoms with E-state index in [9.17, 15) is 24.3 Å². The van der Waals surface area contributed by atoms with Gasteiger partial charge in [0, 0.05) is 35.2 Å². The van der Waals surface area contributed by atoms with Crippen LogP contribution in [-0.4, -0.2) is 55.0 Å². The molecule has 0 radical (unpaired) electrons. The molecule has 0 spiro atoms. The first kappa shape index (κ1) is 29.8. The second-order valence-electron chi connectivity index (χ2n) is 9.53. The molecule has 0 saturated heterocycles. The highest BCUT2D eigenvalue weighted by Crippen LogP contribution is 2.26. The van der Waals surface area contributed by atoms with Crippen molar-refractivity contribution in [3.05, 3.63) is 53.8 Å². The number of nitrogens with one attached hydrogen (secondary N) is 3. The van der Waals surface area contributed by atoms with E-state index in [4.69, 9.17) is 19.6 Å². The van der Waals surface area contributed by atoms with Gasteiger partial charge in [-0.15, -0.1) is 0 Å². The lowest BCUT2D eigenvalue weighted by molar-refractivity contribution is -0.134. The van der Waals surface area contributed by atoms with Crippen LogP contribution in [0.4, 0.5) is 0 Å². The maximum atomic E-state index is 13.1. The van der Waals surface area contributed by atoms with Gasteiger partial charge in [-0.25, -0.2) is 0 Å². The van der Waals surface area contributed by atoms with Crippen molar-refractivity contribution in [3.63, 3.8) is 0 Å². The third-order valence-electron chi connectivity index (χ3n) is 6.26. The SMILES string of the molecule is COc1ccc(CNC(=O)[C@@H](NC(=O)[C@H](CC(N)=O)NC(=O)Cc2coc3cc(OC)ccc23)C(C)C)c(O)c1. The summed E-state index contributed by atoms with van der Waals surface area (Å²) in [7, 11) is 3.00. The predicted molar refractivity (Wildman–Crippen MR) is 145 cm³/mol. The first-order chi connectivity index (χ1) is 19.0. The molecule has 0 unspecified atom stereocenters. The summed E-state index contributed by atoms with van der Waals surface area (Å²) in [5.74, 6) is -1.93. The maximum Gasteiger partial charge on any atom is 0.243 e. The van der Waals surface area contributed by atoms with E-state index >= 15 is 0 Å². The van der Waals surface area contributed by atoms with Crippen LogP contribution in [0, 0.1) is 5.92 Å². The predicted octanol–water partition coefficient (Wildman–Crippen LogP) is 1.52. The summed E-state index contributed by atoms with van der Waals surface area (Å²) in [6, 6.07) is 7.55. The van der Waals surface area contributed by atoms with Crippen molar-refractivity contribution in [3.8, 4) is 17.2 Å². The number of aromatic hydroxyl groups is 1. The number of hydrogen-bond acceptors (Lipinski definition) is 8. The van der Waals surface area contributed by atoms with Crippen molar-refractivity contribution in [1.29, 1.82) is 0 Å². The van der Waals surface area contributed by atoms with E-state index < -0.39 is 42.1 Å². The van der Waals surface area contributed by atoms with Gasteiger partial charge in [0.1, 0.15) is 34.9 Å². The number of carbonyl (C=O) groups is 4. The number of phenolic OH excluding ortho intramolecular Hbond substituents is 1. The van der Waals surface area contributed by atoms with Crippen LogP contribution < -0.4 is 31.2 Å². The molecular formula is C28H34N4O8. The number of furan rings is 1. The molecule has 6 N–H and O–H groups in total. The number of nitrogens with two attached hydrogens (primary N) is 1. The van der Waals surface area contributed by atoms with E-state index in [1.165, 1.54) is 26.5 Å². The Morgan fingerprint density at radius 1 is 0.950 bits per heavy atom. The van der Waals surface area contributed by atoms with Crippen molar-refractivity contribution in [1.82, 2.24) is 16.0 Å². The van der Waals surface area contributed by atoms with Crippen LogP contribution in [0.1, 0.15) is 31.4 Å². The second kappa shape index (κ2) is 13.4. The zero-order valence-corrected chi connectivity index (χ0v) is 22.8. The summed E-state index contributed by atoms with van der Waals surface area (Å²) in [6.45, 7) is 3.46. The molecule has 0 fully saturated rings. The number of phenols is 1. The highest BCUT2D eigenvalue weighted by molar-refractivity contribution is 5.96. The number of methoxy groups -OCH3 is 2. The highest BCUT2D eigenvalue weighted by Gasteiger charge is 2.30. The van der Waals surface area contributed by atoms with Crippen LogP contribution in [0.5, 0.6) is 17.2 Å². The van der Waals surface area contributed by atoms with Crippen LogP contribution >= 0.6 is 0 Å². The quantitative estimate of drug-likeness (QED) is 0.211. The highest BCUT2D eigenvalue weighted by atomic mass is 16.5. The lowest BCUT2D eigenvalue weighted by atomic mass is 10.0. The van der Waals surface area contributed by atoms with E-state index in [0.29, 0.717) is 33.6 Å². The van der Waals surface area contributed by atoms with Crippen LogP contribution in [0.2, 0.25) is 0 Å². The van der Waals surface area contributed by atoms with Gasteiger partial charge >= 0.3 is 0 Å². The fourth-order valence-electron chi connectivity index (χ4n) is 4.06. The van der Waals surface area contributed by atoms with Gasteiger partial charge in [0.25, 0.3) is 0 Å². The summed E-state index contributed by atoms with van der Waals surface area (Å²) in [4.78, 5) is 50.6. The number of primary amides is 1. The van der Waals surface area contributed by atoms with Crippen molar-refractivity contribution in [2.24, 2.45) is 11.7 Å². The monoisotopic (exact) mass is 554 g/mol. The fourth-order valence-corrected chi connectivity index (χ4v) is 4.06. The zero-order chi connectivity index (χ0) is 29.4. The third kappa shape index (κ3) is 7.65. The second-order valence-corrected chi connectivity index (χ2v) is 9.53. The van der Waals surface area contributed by atoms with Gasteiger partial charge in [-0.2, -0.15) is 0 Å². The van der Waals surface area contributed by atoms with E-state index in [1.807, 2.05) is 0 Å². The Bertz CT molecular complexity index is 1380. The van der Waals surface area contributed by atoms with Crippen LogP contribution in [0.15, 0.2) is 47.1 Å². The average Bonchev–Trinajstić information content (AvgIpc) is 3.31. The largest absolute Gasteiger partial charge is 0.507 e. The molecule has 3 rings (SSSR count). The van der Waals surface area contributed by atoms with E-state index in [1.54, 1.807) is 44.2 Å². The minimum atomic E-state index is -1.30. The van der Waals surface area contributed by atoms with Gasteiger partial charge < -0.3 is 40.7 Å². The van der Waals surface area contributed by atoms with Crippen molar-refractivity contribution < 1.29 is 38.2 Å². The first-order valence-electron chi connectivity index (χ1n) is 12.6. The molecule has 0 saturated carbocycles. The Balaban J connectivity index is 1.66. The summed E-state index contributed by atoms with van der Waals surface area (Å²) < 4.78 is 15.7. The fraction of sp³-hybridized carbons (Fsp3) is 0.357. The van der Waals surface area contributed by atoms with Gasteiger partial charge in [0.2, 0.25) is 23.6 Å². The number of amides is 4. The van der Waals surface area contributed by atoms with E-state index in [0.717, 1.165) is 0 Å². The molecule has 0 aliphatic rings. The molecule has 12 nitrogen and oxygen atoms in total. The third-order valence-corrected chi connectivity index (χ3v) is 6.26. The number of fused-ring (bicyclic) bond motifs is 1. The minimum absolute atomic E-state index is 0.000265. The van der Waals surface area contributed by atoms with Crippen molar-refractivity contribution >= 4 is 34.6 Å². The van der Waals surface area contributed by atoms with Gasteiger partial charge in [-0.1, -0.05) is 13.8 Å². The van der Waals surface area contributed by atoms with E-state index in [-0.39, 0.29) is 24.6 Å². The zero-order valence-electron chi connectivity index (χ0n) is 22.8. The normalized spacial score (nSPS) is 12.4. The van der Waals surface area contributed by atoms with Crippen LogP contribution in [0.3, 0.4) is 0 Å². The van der Waals surface area contributed by atoms with E-state index in [2.05, 4.69) is 16.0 Å². The molecular weight excluding hydrogens is 520 g/mol. The van der Waals surface area contributed by atoms with Crippen molar-refractivity contribution in [2.45, 2.75) is 45.3 Å². The lowest BCUT2D eigenvalue weighted by Crippen LogP contribution is -2.56. The molecule has 1 aromatic heterocycles. The number of ether oxygens (including phenoxy) is 2. The molecule has 0 bridgehead atoms. The number of hydrogen-bond donors (Lipinski definition) is 5. The summed E-state index contributed by atoms with van der Waals surface area (Å²) in [5, 5.41) is 18.7. The van der Waals surface area contributed by atoms with Crippen molar-refractivity contribution in [2.75, 3.05) is 14.2 Å². The molecule has 0 aliphatic carbocycles. The molecule has 40 heavy (non-hydrogen) atoms. The van der Waals surface area contributed by atoms with Crippen LogP contribution in [-0.2, 0) is 32.1 Å². The standard InChI is InChI=1S/C28H34N4O8/c1-15(2)26(28(37)30-13-16-5-6-18(38-3)10-22(16)33)32-27(36)21(12-24(29)34)31-25(35)9-17-14-40-23-11-19(39-4)7-8-20(17)23/h5-8,10-11,14-15,21,26,33H,9,12-13H2,1-4H3,(H2,29,34)(H,30,37)(H,31,35)(H,32,36)/t21-,26-/m0/s1. The topological polar surface area (TPSA) is 182 Å². The molecule has 4 amide bonds. The first-order valence-corrected chi connectivity index (χ1v) is 12.6. The number of rotatable bonds is 13. The van der Waals surface area contributed by atoms with Gasteiger partial charge in [0.05, 0.1) is 33.3 Å². The minimum Gasteiger partial charge on any atom is -0.507 e. The van der Waals surface area contributed by atoms with Gasteiger partial charge in [-0.05, 0) is 30.2 Å². The molecule has 2 aromatic carbocycles. The number of benzene rings is 2. The average molecular weight is 555 g/mol. The molecule has 214 valence electrons. The molecule has 0 aliphatic heterocycles. The molecule has 1 heterocycles. The maximum absolute atomic E-state index is 13.1. The molecule has 2 atom stereocenters. The summed E-state index contributed by atoms with van der Waals surface area (Å²) in [6.07, 6.45) is 0.848.